The summed E-state index contributed by atoms with van der Waals surface area (Å²) in [5.74, 6) is -1.48. The molecule has 7 nitrogen and oxygen atoms in total. The molecule has 1 saturated carbocycles. The summed E-state index contributed by atoms with van der Waals surface area (Å²) in [5.41, 5.74) is -0.215. The summed E-state index contributed by atoms with van der Waals surface area (Å²) in [6.45, 7) is -0.339. The number of amides is 1. The Morgan fingerprint density at radius 2 is 2.05 bits per heavy atom. The number of hydrogen-bond donors (Lipinski definition) is 1. The maximum atomic E-state index is 12.4. The molecule has 0 spiro atoms. The summed E-state index contributed by atoms with van der Waals surface area (Å²) < 4.78 is 1.07. The smallest absolute Gasteiger partial charge is 0.323 e. The van der Waals surface area contributed by atoms with Gasteiger partial charge in [-0.15, -0.1) is 0 Å². The van der Waals surface area contributed by atoms with Crippen molar-refractivity contribution in [1.82, 2.24) is 14.7 Å². The average molecular weight is 279 g/mol. The molecule has 1 aliphatic carbocycles. The number of carboxylic acids is 1. The van der Waals surface area contributed by atoms with Crippen molar-refractivity contribution in [2.45, 2.75) is 31.7 Å². The van der Waals surface area contributed by atoms with E-state index in [9.17, 15) is 14.4 Å². The van der Waals surface area contributed by atoms with Crippen molar-refractivity contribution < 1.29 is 14.7 Å². The lowest BCUT2D eigenvalue weighted by Crippen LogP contribution is -2.43. The van der Waals surface area contributed by atoms with Crippen LogP contribution < -0.4 is 5.56 Å². The Morgan fingerprint density at radius 3 is 2.60 bits per heavy atom. The average Bonchev–Trinajstić information content (AvgIpc) is 2.92. The number of aromatic nitrogens is 2. The molecule has 0 unspecified atom stereocenters. The van der Waals surface area contributed by atoms with E-state index < -0.39 is 11.9 Å². The van der Waals surface area contributed by atoms with Crippen LogP contribution in [0.3, 0.4) is 0 Å². The minimum absolute atomic E-state index is 0.0577. The van der Waals surface area contributed by atoms with Crippen LogP contribution in [0.4, 0.5) is 0 Å². The van der Waals surface area contributed by atoms with E-state index in [0.29, 0.717) is 0 Å². The van der Waals surface area contributed by atoms with Crippen LogP contribution in [0.25, 0.3) is 0 Å². The zero-order valence-corrected chi connectivity index (χ0v) is 11.3. The summed E-state index contributed by atoms with van der Waals surface area (Å²) in [7, 11) is 1.45. The van der Waals surface area contributed by atoms with Crippen LogP contribution in [0.15, 0.2) is 16.9 Å². The minimum atomic E-state index is -1.05. The summed E-state index contributed by atoms with van der Waals surface area (Å²) in [4.78, 5) is 36.0. The van der Waals surface area contributed by atoms with E-state index in [4.69, 9.17) is 5.11 Å². The molecule has 1 aliphatic rings. The molecule has 1 N–H and O–H groups in total. The van der Waals surface area contributed by atoms with E-state index in [1.807, 2.05) is 0 Å². The summed E-state index contributed by atoms with van der Waals surface area (Å²) >= 11 is 0. The van der Waals surface area contributed by atoms with Crippen LogP contribution in [0, 0.1) is 0 Å². The van der Waals surface area contributed by atoms with E-state index in [2.05, 4.69) is 5.10 Å². The third-order valence-electron chi connectivity index (χ3n) is 3.51. The third-order valence-corrected chi connectivity index (χ3v) is 3.51. The highest BCUT2D eigenvalue weighted by Crippen LogP contribution is 2.24. The Balaban J connectivity index is 2.26. The van der Waals surface area contributed by atoms with Crippen molar-refractivity contribution in [2.24, 2.45) is 7.05 Å². The Bertz CT molecular complexity index is 575. The van der Waals surface area contributed by atoms with Crippen molar-refractivity contribution in [3.8, 4) is 0 Å². The van der Waals surface area contributed by atoms with Gasteiger partial charge in [-0.05, 0) is 18.9 Å². The van der Waals surface area contributed by atoms with Crippen molar-refractivity contribution in [3.63, 3.8) is 0 Å². The van der Waals surface area contributed by atoms with Crippen molar-refractivity contribution in [2.75, 3.05) is 6.54 Å². The first kappa shape index (κ1) is 14.2. The van der Waals surface area contributed by atoms with E-state index in [-0.39, 0.29) is 23.8 Å². The Labute approximate surface area is 115 Å². The quantitative estimate of drug-likeness (QED) is 0.852. The van der Waals surface area contributed by atoms with Gasteiger partial charge in [0.2, 0.25) is 0 Å². The number of aryl methyl sites for hydroxylation is 1. The molecule has 1 amide bonds. The lowest BCUT2D eigenvalue weighted by molar-refractivity contribution is -0.138. The fourth-order valence-corrected chi connectivity index (χ4v) is 2.49. The molecule has 1 heterocycles. The van der Waals surface area contributed by atoms with Crippen LogP contribution in [0.2, 0.25) is 0 Å². The Morgan fingerprint density at radius 1 is 1.40 bits per heavy atom. The van der Waals surface area contributed by atoms with Gasteiger partial charge in [-0.3, -0.25) is 14.4 Å². The fourth-order valence-electron chi connectivity index (χ4n) is 2.49. The number of aliphatic carboxylic acids is 1. The van der Waals surface area contributed by atoms with Gasteiger partial charge in [-0.25, -0.2) is 4.68 Å². The normalized spacial score (nSPS) is 15.2. The molecule has 0 atom stereocenters. The topological polar surface area (TPSA) is 92.5 Å². The van der Waals surface area contributed by atoms with Gasteiger partial charge in [-0.2, -0.15) is 5.10 Å². The number of carbonyl (C=O) groups excluding carboxylic acids is 1. The zero-order valence-electron chi connectivity index (χ0n) is 11.3. The fraction of sp³-hybridized carbons (Fsp3) is 0.538. The van der Waals surface area contributed by atoms with Crippen LogP contribution in [-0.4, -0.2) is 44.3 Å². The van der Waals surface area contributed by atoms with Gasteiger partial charge in [-0.1, -0.05) is 12.8 Å². The number of nitrogens with zero attached hydrogens (tertiary/aromatic N) is 3. The molecule has 2 rings (SSSR count). The Hall–Kier alpha value is -2.18. The van der Waals surface area contributed by atoms with E-state index >= 15 is 0 Å². The van der Waals surface area contributed by atoms with Gasteiger partial charge in [0.05, 0.1) is 0 Å². The summed E-state index contributed by atoms with van der Waals surface area (Å²) in [5, 5.41) is 12.9. The predicted octanol–water partition coefficient (Wildman–Crippen LogP) is 0.250. The van der Waals surface area contributed by atoms with E-state index in [1.54, 1.807) is 0 Å². The molecule has 1 fully saturated rings. The molecule has 20 heavy (non-hydrogen) atoms. The first-order valence-electron chi connectivity index (χ1n) is 6.56. The van der Waals surface area contributed by atoms with Crippen LogP contribution in [-0.2, 0) is 11.8 Å². The molecule has 1 aromatic heterocycles. The number of hydrogen-bond acceptors (Lipinski definition) is 4. The number of rotatable bonds is 4. The van der Waals surface area contributed by atoms with E-state index in [0.717, 1.165) is 30.4 Å². The van der Waals surface area contributed by atoms with Crippen molar-refractivity contribution >= 4 is 11.9 Å². The first-order valence-corrected chi connectivity index (χ1v) is 6.56. The molecule has 0 aliphatic heterocycles. The zero-order chi connectivity index (χ0) is 14.7. The summed E-state index contributed by atoms with van der Waals surface area (Å²) in [6.07, 6.45) is 3.61. The van der Waals surface area contributed by atoms with Gasteiger partial charge in [0.15, 0.2) is 0 Å². The highest BCUT2D eigenvalue weighted by atomic mass is 16.4. The molecule has 0 aromatic carbocycles. The highest BCUT2D eigenvalue weighted by Gasteiger charge is 2.29. The molecule has 7 heteroatoms. The van der Waals surface area contributed by atoms with Crippen LogP contribution in [0.1, 0.15) is 36.2 Å². The molecular formula is C13H17N3O4. The first-order chi connectivity index (χ1) is 9.49. The minimum Gasteiger partial charge on any atom is -0.480 e. The van der Waals surface area contributed by atoms with Gasteiger partial charge < -0.3 is 10.0 Å². The maximum Gasteiger partial charge on any atom is 0.323 e. The molecule has 0 radical (unpaired) electrons. The predicted molar refractivity (Wildman–Crippen MR) is 70.4 cm³/mol. The van der Waals surface area contributed by atoms with Crippen molar-refractivity contribution in [3.05, 3.63) is 28.2 Å². The van der Waals surface area contributed by atoms with Crippen LogP contribution in [0.5, 0.6) is 0 Å². The Kier molecular flexibility index (Phi) is 4.16. The standard InChI is InChI=1S/C13H17N3O4/c1-15-11(17)7-6-10(14-15)13(20)16(8-12(18)19)9-4-2-3-5-9/h6-7,9H,2-5,8H2,1H3,(H,18,19). The summed E-state index contributed by atoms with van der Waals surface area (Å²) in [6, 6.07) is 2.54. The lowest BCUT2D eigenvalue weighted by Gasteiger charge is -2.26. The van der Waals surface area contributed by atoms with Gasteiger partial charge in [0.1, 0.15) is 12.2 Å². The maximum absolute atomic E-state index is 12.4. The SMILES string of the molecule is Cn1nc(C(=O)N(CC(=O)O)C2CCCC2)ccc1=O. The van der Waals surface area contributed by atoms with Gasteiger partial charge in [0.25, 0.3) is 11.5 Å². The van der Waals surface area contributed by atoms with Crippen LogP contribution >= 0.6 is 0 Å². The molecule has 0 bridgehead atoms. The second kappa shape index (κ2) is 5.85. The highest BCUT2D eigenvalue weighted by molar-refractivity contribution is 5.94. The lowest BCUT2D eigenvalue weighted by atomic mass is 10.2. The van der Waals surface area contributed by atoms with E-state index in [1.165, 1.54) is 24.1 Å². The molecule has 1 aromatic rings. The van der Waals surface area contributed by atoms with Crippen molar-refractivity contribution in [1.29, 1.82) is 0 Å². The van der Waals surface area contributed by atoms with Gasteiger partial charge in [0, 0.05) is 19.2 Å². The molecule has 0 saturated heterocycles. The second-order valence-corrected chi connectivity index (χ2v) is 4.95. The molecular weight excluding hydrogens is 262 g/mol. The second-order valence-electron chi connectivity index (χ2n) is 4.95. The molecule has 108 valence electrons. The monoisotopic (exact) mass is 279 g/mol. The number of carboxylic acid groups (broad SMARTS) is 1. The largest absolute Gasteiger partial charge is 0.480 e. The number of carbonyl (C=O) groups is 2. The van der Waals surface area contributed by atoms with Gasteiger partial charge >= 0.3 is 5.97 Å². The third kappa shape index (κ3) is 3.04.